The highest BCUT2D eigenvalue weighted by Gasteiger charge is 2.28. The fraction of sp³-hybridized carbons (Fsp3) is 0.455. The first-order valence-electron chi connectivity index (χ1n) is 6.27. The monoisotopic (exact) mass is 293 g/mol. The summed E-state index contributed by atoms with van der Waals surface area (Å²) in [4.78, 5) is 12.4. The van der Waals surface area contributed by atoms with Crippen LogP contribution in [0, 0.1) is 0 Å². The SMILES string of the molecule is NC(=S)NC[C@@H]1CC[C@H](n2cnc3c(N)ncnc32)O1. The van der Waals surface area contributed by atoms with E-state index in [1.807, 2.05) is 4.57 Å². The zero-order chi connectivity index (χ0) is 14.1. The zero-order valence-electron chi connectivity index (χ0n) is 10.7. The molecule has 0 unspecified atom stereocenters. The summed E-state index contributed by atoms with van der Waals surface area (Å²) in [6.07, 6.45) is 4.87. The van der Waals surface area contributed by atoms with Crippen molar-refractivity contribution in [2.45, 2.75) is 25.2 Å². The molecule has 2 atom stereocenters. The highest BCUT2D eigenvalue weighted by molar-refractivity contribution is 7.80. The summed E-state index contributed by atoms with van der Waals surface area (Å²) in [5.74, 6) is 0.374. The summed E-state index contributed by atoms with van der Waals surface area (Å²) in [5, 5.41) is 3.20. The number of ether oxygens (including phenoxy) is 1. The van der Waals surface area contributed by atoms with Gasteiger partial charge in [-0.1, -0.05) is 0 Å². The predicted molar refractivity (Wildman–Crippen MR) is 77.7 cm³/mol. The Hall–Kier alpha value is -2.00. The van der Waals surface area contributed by atoms with Gasteiger partial charge in [-0.3, -0.25) is 4.57 Å². The lowest BCUT2D eigenvalue weighted by Crippen LogP contribution is -2.35. The van der Waals surface area contributed by atoms with E-state index in [2.05, 4.69) is 20.3 Å². The molecule has 1 aliphatic rings. The molecule has 2 aromatic heterocycles. The molecule has 8 nitrogen and oxygen atoms in total. The summed E-state index contributed by atoms with van der Waals surface area (Å²) >= 11 is 4.78. The van der Waals surface area contributed by atoms with E-state index in [1.54, 1.807) is 6.33 Å². The van der Waals surface area contributed by atoms with Gasteiger partial charge in [0.15, 0.2) is 16.6 Å². The third-order valence-corrected chi connectivity index (χ3v) is 3.43. The molecule has 1 saturated heterocycles. The molecule has 0 saturated carbocycles. The second-order valence-electron chi connectivity index (χ2n) is 4.62. The van der Waals surface area contributed by atoms with Crippen molar-refractivity contribution in [2.24, 2.45) is 5.73 Å². The van der Waals surface area contributed by atoms with Gasteiger partial charge in [0.05, 0.1) is 12.4 Å². The quantitative estimate of drug-likeness (QED) is 0.673. The third-order valence-electron chi connectivity index (χ3n) is 3.29. The van der Waals surface area contributed by atoms with Crippen molar-refractivity contribution in [3.8, 4) is 0 Å². The normalized spacial score (nSPS) is 22.2. The number of imidazole rings is 1. The fourth-order valence-corrected chi connectivity index (χ4v) is 2.42. The Labute approximate surface area is 120 Å². The Morgan fingerprint density at radius 2 is 2.30 bits per heavy atom. The van der Waals surface area contributed by atoms with Crippen LogP contribution in [-0.2, 0) is 4.74 Å². The first-order valence-corrected chi connectivity index (χ1v) is 6.67. The van der Waals surface area contributed by atoms with Crippen LogP contribution in [0.5, 0.6) is 0 Å². The molecule has 0 bridgehead atoms. The molecule has 1 aliphatic heterocycles. The third kappa shape index (κ3) is 2.37. The van der Waals surface area contributed by atoms with Crippen LogP contribution >= 0.6 is 12.2 Å². The Morgan fingerprint density at radius 1 is 1.45 bits per heavy atom. The molecule has 0 spiro atoms. The van der Waals surface area contributed by atoms with Crippen molar-refractivity contribution in [2.75, 3.05) is 12.3 Å². The molecule has 3 rings (SSSR count). The molecule has 3 heterocycles. The first-order chi connectivity index (χ1) is 9.65. The van der Waals surface area contributed by atoms with Crippen molar-refractivity contribution < 1.29 is 4.74 Å². The van der Waals surface area contributed by atoms with Crippen molar-refractivity contribution in [3.63, 3.8) is 0 Å². The van der Waals surface area contributed by atoms with Gasteiger partial charge in [0.1, 0.15) is 18.1 Å². The molecule has 2 aromatic rings. The average molecular weight is 293 g/mol. The summed E-state index contributed by atoms with van der Waals surface area (Å²) in [5.41, 5.74) is 12.5. The van der Waals surface area contributed by atoms with Crippen LogP contribution in [0.15, 0.2) is 12.7 Å². The van der Waals surface area contributed by atoms with Crippen LogP contribution in [0.25, 0.3) is 11.2 Å². The number of hydrogen-bond acceptors (Lipinski definition) is 6. The van der Waals surface area contributed by atoms with Crippen LogP contribution in [-0.4, -0.2) is 37.3 Å². The number of nitrogen functional groups attached to an aromatic ring is 1. The number of nitrogens with zero attached hydrogens (tertiary/aromatic N) is 4. The molecule has 5 N–H and O–H groups in total. The standard InChI is InChI=1S/C11H15N7OS/c12-9-8-10(16-4-15-9)18(5-17-8)7-2-1-6(19-7)3-14-11(13)20/h4-7H,1-3H2,(H2,12,15,16)(H3,13,14,20)/t6-,7+/m0/s1. The van der Waals surface area contributed by atoms with E-state index in [-0.39, 0.29) is 17.4 Å². The van der Waals surface area contributed by atoms with Crippen LogP contribution < -0.4 is 16.8 Å². The number of aromatic nitrogens is 4. The summed E-state index contributed by atoms with van der Waals surface area (Å²) in [6, 6.07) is 0. The van der Waals surface area contributed by atoms with E-state index >= 15 is 0 Å². The maximum atomic E-state index is 5.95. The minimum atomic E-state index is -0.104. The van der Waals surface area contributed by atoms with Gasteiger partial charge in [-0.05, 0) is 25.1 Å². The van der Waals surface area contributed by atoms with Gasteiger partial charge in [-0.2, -0.15) is 0 Å². The van der Waals surface area contributed by atoms with Gasteiger partial charge in [-0.15, -0.1) is 0 Å². The van der Waals surface area contributed by atoms with E-state index in [0.717, 1.165) is 12.8 Å². The van der Waals surface area contributed by atoms with E-state index in [4.69, 9.17) is 28.4 Å². The maximum absolute atomic E-state index is 5.95. The molecule has 0 amide bonds. The van der Waals surface area contributed by atoms with E-state index in [9.17, 15) is 0 Å². The Balaban J connectivity index is 1.76. The molecular weight excluding hydrogens is 278 g/mol. The molecule has 106 valence electrons. The van der Waals surface area contributed by atoms with Gasteiger partial charge in [0, 0.05) is 6.54 Å². The second kappa shape index (κ2) is 5.17. The van der Waals surface area contributed by atoms with Gasteiger partial charge >= 0.3 is 0 Å². The number of hydrogen-bond donors (Lipinski definition) is 3. The lowest BCUT2D eigenvalue weighted by molar-refractivity contribution is 0.00682. The molecule has 0 aromatic carbocycles. The predicted octanol–water partition coefficient (Wildman–Crippen LogP) is -0.0807. The number of fused-ring (bicyclic) bond motifs is 1. The Kier molecular flexibility index (Phi) is 3.36. The van der Waals surface area contributed by atoms with E-state index in [0.29, 0.717) is 23.5 Å². The lowest BCUT2D eigenvalue weighted by atomic mass is 10.2. The second-order valence-corrected chi connectivity index (χ2v) is 5.06. The minimum Gasteiger partial charge on any atom is -0.382 e. The lowest BCUT2D eigenvalue weighted by Gasteiger charge is -2.15. The molecule has 9 heteroatoms. The molecule has 0 aliphatic carbocycles. The highest BCUT2D eigenvalue weighted by Crippen LogP contribution is 2.30. The maximum Gasteiger partial charge on any atom is 0.167 e. The van der Waals surface area contributed by atoms with Crippen LogP contribution in [0.3, 0.4) is 0 Å². The van der Waals surface area contributed by atoms with Crippen LogP contribution in [0.2, 0.25) is 0 Å². The largest absolute Gasteiger partial charge is 0.382 e. The van der Waals surface area contributed by atoms with E-state index < -0.39 is 0 Å². The fourth-order valence-electron chi connectivity index (χ4n) is 2.34. The number of nitrogens with one attached hydrogen (secondary N) is 1. The molecule has 1 fully saturated rings. The van der Waals surface area contributed by atoms with Crippen molar-refractivity contribution >= 4 is 34.3 Å². The topological polar surface area (TPSA) is 117 Å². The summed E-state index contributed by atoms with van der Waals surface area (Å²) in [7, 11) is 0. The average Bonchev–Trinajstić information content (AvgIpc) is 3.02. The smallest absolute Gasteiger partial charge is 0.167 e. The van der Waals surface area contributed by atoms with Crippen molar-refractivity contribution in [3.05, 3.63) is 12.7 Å². The van der Waals surface area contributed by atoms with Crippen molar-refractivity contribution in [1.29, 1.82) is 0 Å². The number of rotatable bonds is 3. The number of nitrogens with two attached hydrogens (primary N) is 2. The minimum absolute atomic E-state index is 0.0677. The van der Waals surface area contributed by atoms with E-state index in [1.165, 1.54) is 6.33 Å². The molecular formula is C11H15N7OS. The first kappa shape index (κ1) is 13.0. The Bertz CT molecular complexity index is 643. The van der Waals surface area contributed by atoms with Gasteiger partial charge in [-0.25, -0.2) is 15.0 Å². The number of anilines is 1. The highest BCUT2D eigenvalue weighted by atomic mass is 32.1. The van der Waals surface area contributed by atoms with Gasteiger partial charge < -0.3 is 21.5 Å². The Morgan fingerprint density at radius 3 is 3.10 bits per heavy atom. The van der Waals surface area contributed by atoms with Crippen LogP contribution in [0.4, 0.5) is 5.82 Å². The van der Waals surface area contributed by atoms with Crippen molar-refractivity contribution in [1.82, 2.24) is 24.8 Å². The summed E-state index contributed by atoms with van der Waals surface area (Å²) in [6.45, 7) is 0.607. The number of thiocarbonyl (C=S) groups is 1. The van der Waals surface area contributed by atoms with Gasteiger partial charge in [0.2, 0.25) is 0 Å². The summed E-state index contributed by atoms with van der Waals surface area (Å²) < 4.78 is 7.83. The van der Waals surface area contributed by atoms with Gasteiger partial charge in [0.25, 0.3) is 0 Å². The van der Waals surface area contributed by atoms with Crippen LogP contribution in [0.1, 0.15) is 19.1 Å². The molecule has 20 heavy (non-hydrogen) atoms. The zero-order valence-corrected chi connectivity index (χ0v) is 11.5. The molecule has 0 radical (unpaired) electrons.